The quantitative estimate of drug-likeness (QED) is 0.784. The molecule has 0 saturated carbocycles. The van der Waals surface area contributed by atoms with Gasteiger partial charge in [0.25, 0.3) is 5.91 Å². The van der Waals surface area contributed by atoms with Crippen molar-refractivity contribution in [2.24, 2.45) is 0 Å². The summed E-state index contributed by atoms with van der Waals surface area (Å²) in [6.07, 6.45) is 0.216. The number of fused-ring (bicyclic) bond motifs is 1. The SMILES string of the molecule is CCNC(=O)CCNC(=O)c1cc2ccccc2cc1O. The van der Waals surface area contributed by atoms with Crippen molar-refractivity contribution in [3.05, 3.63) is 42.0 Å². The lowest BCUT2D eigenvalue weighted by atomic mass is 10.1. The van der Waals surface area contributed by atoms with Gasteiger partial charge in [-0.05, 0) is 29.8 Å². The highest BCUT2D eigenvalue weighted by Gasteiger charge is 2.12. The molecule has 0 aliphatic carbocycles. The van der Waals surface area contributed by atoms with Crippen LogP contribution in [0.4, 0.5) is 0 Å². The number of aromatic hydroxyl groups is 1. The maximum atomic E-state index is 12.0. The number of amides is 2. The summed E-state index contributed by atoms with van der Waals surface area (Å²) in [5.41, 5.74) is 0.213. The molecule has 110 valence electrons. The predicted molar refractivity (Wildman–Crippen MR) is 81.2 cm³/mol. The Bertz CT molecular complexity index is 668. The van der Waals surface area contributed by atoms with Gasteiger partial charge < -0.3 is 15.7 Å². The van der Waals surface area contributed by atoms with Gasteiger partial charge in [-0.1, -0.05) is 24.3 Å². The zero-order valence-electron chi connectivity index (χ0n) is 11.8. The van der Waals surface area contributed by atoms with Gasteiger partial charge in [0.15, 0.2) is 0 Å². The molecule has 0 unspecified atom stereocenters. The zero-order chi connectivity index (χ0) is 15.2. The molecule has 0 radical (unpaired) electrons. The summed E-state index contributed by atoms with van der Waals surface area (Å²) in [6, 6.07) is 10.7. The number of hydrogen-bond donors (Lipinski definition) is 3. The van der Waals surface area contributed by atoms with E-state index in [1.165, 1.54) is 0 Å². The van der Waals surface area contributed by atoms with Crippen LogP contribution < -0.4 is 10.6 Å². The van der Waals surface area contributed by atoms with Gasteiger partial charge in [-0.15, -0.1) is 0 Å². The van der Waals surface area contributed by atoms with E-state index in [4.69, 9.17) is 0 Å². The van der Waals surface area contributed by atoms with Crippen molar-refractivity contribution in [3.8, 4) is 5.75 Å². The Kier molecular flexibility index (Phi) is 4.77. The second-order valence-electron chi connectivity index (χ2n) is 4.68. The number of rotatable bonds is 5. The number of benzene rings is 2. The first-order valence-corrected chi connectivity index (χ1v) is 6.88. The highest BCUT2D eigenvalue weighted by molar-refractivity contribution is 6.01. The lowest BCUT2D eigenvalue weighted by molar-refractivity contribution is -0.120. The van der Waals surface area contributed by atoms with E-state index < -0.39 is 0 Å². The highest BCUT2D eigenvalue weighted by atomic mass is 16.3. The van der Waals surface area contributed by atoms with Gasteiger partial charge >= 0.3 is 0 Å². The van der Waals surface area contributed by atoms with Crippen LogP contribution in [0.25, 0.3) is 10.8 Å². The van der Waals surface area contributed by atoms with E-state index in [1.807, 2.05) is 31.2 Å². The van der Waals surface area contributed by atoms with Crippen LogP contribution in [0, 0.1) is 0 Å². The summed E-state index contributed by atoms with van der Waals surface area (Å²) >= 11 is 0. The van der Waals surface area contributed by atoms with Gasteiger partial charge in [-0.2, -0.15) is 0 Å². The van der Waals surface area contributed by atoms with Crippen molar-refractivity contribution in [3.63, 3.8) is 0 Å². The van der Waals surface area contributed by atoms with E-state index in [9.17, 15) is 14.7 Å². The fraction of sp³-hybridized carbons (Fsp3) is 0.250. The fourth-order valence-electron chi connectivity index (χ4n) is 2.08. The first kappa shape index (κ1) is 14.8. The summed E-state index contributed by atoms with van der Waals surface area (Å²) < 4.78 is 0. The second kappa shape index (κ2) is 6.74. The largest absolute Gasteiger partial charge is 0.507 e. The molecule has 0 aliphatic rings. The number of carbonyl (C=O) groups is 2. The summed E-state index contributed by atoms with van der Waals surface area (Å²) in [6.45, 7) is 2.64. The molecule has 2 amide bonds. The number of phenols is 1. The standard InChI is InChI=1S/C16H18N2O3/c1-2-17-15(20)7-8-18-16(21)13-9-11-5-3-4-6-12(11)10-14(13)19/h3-6,9-10,19H,2,7-8H2,1H3,(H,17,20)(H,18,21). The molecule has 5 nitrogen and oxygen atoms in total. The number of nitrogens with one attached hydrogen (secondary N) is 2. The van der Waals surface area contributed by atoms with E-state index in [2.05, 4.69) is 10.6 Å². The first-order chi connectivity index (χ1) is 10.1. The molecule has 0 heterocycles. The minimum absolute atomic E-state index is 0.0655. The average molecular weight is 286 g/mol. The van der Waals surface area contributed by atoms with Gasteiger partial charge in [0.1, 0.15) is 5.75 Å². The van der Waals surface area contributed by atoms with Crippen LogP contribution in [-0.4, -0.2) is 30.0 Å². The number of phenolic OH excluding ortho intramolecular Hbond substituents is 1. The minimum atomic E-state index is -0.387. The smallest absolute Gasteiger partial charge is 0.255 e. The second-order valence-corrected chi connectivity index (χ2v) is 4.68. The van der Waals surface area contributed by atoms with Gasteiger partial charge in [0.05, 0.1) is 5.56 Å². The van der Waals surface area contributed by atoms with Crippen LogP contribution in [0.5, 0.6) is 5.75 Å². The molecule has 2 rings (SSSR count). The molecule has 0 bridgehead atoms. The summed E-state index contributed by atoms with van der Waals surface area (Å²) in [4.78, 5) is 23.3. The Hall–Kier alpha value is -2.56. The Labute approximate surface area is 123 Å². The Morgan fingerprint density at radius 1 is 1.10 bits per heavy atom. The number of hydrogen-bond acceptors (Lipinski definition) is 3. The highest BCUT2D eigenvalue weighted by Crippen LogP contribution is 2.24. The van der Waals surface area contributed by atoms with Gasteiger partial charge in [0.2, 0.25) is 5.91 Å². The van der Waals surface area contributed by atoms with E-state index in [0.717, 1.165) is 10.8 Å². The summed E-state index contributed by atoms with van der Waals surface area (Å²) in [7, 11) is 0. The molecular weight excluding hydrogens is 268 g/mol. The third kappa shape index (κ3) is 3.72. The van der Waals surface area contributed by atoms with Gasteiger partial charge in [-0.25, -0.2) is 0 Å². The minimum Gasteiger partial charge on any atom is -0.507 e. The normalized spacial score (nSPS) is 10.3. The molecule has 3 N–H and O–H groups in total. The van der Waals surface area contributed by atoms with Crippen LogP contribution in [0.3, 0.4) is 0 Å². The molecule has 21 heavy (non-hydrogen) atoms. The topological polar surface area (TPSA) is 78.4 Å². The Balaban J connectivity index is 2.05. The average Bonchev–Trinajstić information content (AvgIpc) is 2.46. The molecule has 5 heteroatoms. The van der Waals surface area contributed by atoms with Crippen molar-refractivity contribution >= 4 is 22.6 Å². The molecule has 0 atom stereocenters. The molecule has 2 aromatic rings. The molecule has 2 aromatic carbocycles. The Morgan fingerprint density at radius 3 is 2.43 bits per heavy atom. The van der Waals surface area contributed by atoms with Crippen LogP contribution >= 0.6 is 0 Å². The lowest BCUT2D eigenvalue weighted by Crippen LogP contribution is -2.30. The molecule has 0 aliphatic heterocycles. The van der Waals surface area contributed by atoms with E-state index in [1.54, 1.807) is 12.1 Å². The molecule has 0 aromatic heterocycles. The van der Waals surface area contributed by atoms with E-state index in [-0.39, 0.29) is 36.1 Å². The number of carbonyl (C=O) groups excluding carboxylic acids is 2. The lowest BCUT2D eigenvalue weighted by Gasteiger charge is -2.08. The Morgan fingerprint density at radius 2 is 1.76 bits per heavy atom. The fourth-order valence-corrected chi connectivity index (χ4v) is 2.08. The van der Waals surface area contributed by atoms with Crippen molar-refractivity contribution in [1.29, 1.82) is 0 Å². The van der Waals surface area contributed by atoms with Gasteiger partial charge in [0, 0.05) is 19.5 Å². The van der Waals surface area contributed by atoms with Crippen LogP contribution in [-0.2, 0) is 4.79 Å². The van der Waals surface area contributed by atoms with Crippen LogP contribution in [0.15, 0.2) is 36.4 Å². The third-order valence-corrected chi connectivity index (χ3v) is 3.12. The van der Waals surface area contributed by atoms with E-state index in [0.29, 0.717) is 6.54 Å². The van der Waals surface area contributed by atoms with Crippen molar-refractivity contribution in [2.45, 2.75) is 13.3 Å². The predicted octanol–water partition coefficient (Wildman–Crippen LogP) is 1.80. The van der Waals surface area contributed by atoms with Crippen molar-refractivity contribution < 1.29 is 14.7 Å². The monoisotopic (exact) mass is 286 g/mol. The molecular formula is C16H18N2O3. The molecule has 0 saturated heterocycles. The van der Waals surface area contributed by atoms with Gasteiger partial charge in [-0.3, -0.25) is 9.59 Å². The van der Waals surface area contributed by atoms with Crippen LogP contribution in [0.2, 0.25) is 0 Å². The van der Waals surface area contributed by atoms with Crippen molar-refractivity contribution in [1.82, 2.24) is 10.6 Å². The maximum absolute atomic E-state index is 12.0. The summed E-state index contributed by atoms with van der Waals surface area (Å²) in [5, 5.41) is 17.0. The summed E-state index contributed by atoms with van der Waals surface area (Å²) in [5.74, 6) is -0.563. The van der Waals surface area contributed by atoms with E-state index >= 15 is 0 Å². The molecule has 0 spiro atoms. The van der Waals surface area contributed by atoms with Crippen LogP contribution in [0.1, 0.15) is 23.7 Å². The third-order valence-electron chi connectivity index (χ3n) is 3.12. The zero-order valence-corrected chi connectivity index (χ0v) is 11.8. The van der Waals surface area contributed by atoms with Crippen molar-refractivity contribution in [2.75, 3.05) is 13.1 Å². The maximum Gasteiger partial charge on any atom is 0.255 e. The molecule has 0 fully saturated rings. The first-order valence-electron chi connectivity index (χ1n) is 6.88.